The highest BCUT2D eigenvalue weighted by Crippen LogP contribution is 2.35. The normalized spacial score (nSPS) is 14.6. The summed E-state index contributed by atoms with van der Waals surface area (Å²) in [5.41, 5.74) is 3.67. The van der Waals surface area contributed by atoms with Gasteiger partial charge in [0, 0.05) is 21.2 Å². The largest absolute Gasteiger partial charge is 0.489 e. The lowest BCUT2D eigenvalue weighted by Gasteiger charge is -2.25. The molecule has 44 heavy (non-hydrogen) atoms. The van der Waals surface area contributed by atoms with Crippen LogP contribution in [0.2, 0.25) is 10.0 Å². The van der Waals surface area contributed by atoms with Crippen LogP contribution < -0.4 is 19.6 Å². The molecule has 1 aliphatic rings. The number of hydrogen-bond donors (Lipinski definition) is 0. The zero-order valence-corrected chi connectivity index (χ0v) is 25.9. The first-order valence-corrected chi connectivity index (χ1v) is 15.5. The van der Waals surface area contributed by atoms with Crippen LogP contribution in [0, 0.1) is 0 Å². The van der Waals surface area contributed by atoms with Gasteiger partial charge < -0.3 is 9.47 Å². The molecule has 0 amide bonds. The number of carbonyl (C=O) groups is 1. The monoisotopic (exact) mass is 640 g/mol. The zero-order valence-electron chi connectivity index (χ0n) is 23.6. The van der Waals surface area contributed by atoms with E-state index in [9.17, 15) is 9.59 Å². The fraction of sp³-hybridized carbons (Fsp3) is 0.114. The maximum absolute atomic E-state index is 14.0. The van der Waals surface area contributed by atoms with E-state index in [0.29, 0.717) is 48.6 Å². The number of esters is 1. The molecule has 0 saturated carbocycles. The second-order valence-electron chi connectivity index (χ2n) is 9.93. The van der Waals surface area contributed by atoms with Gasteiger partial charge in [-0.05, 0) is 54.5 Å². The Morgan fingerprint density at radius 3 is 2.34 bits per heavy atom. The third-order valence-corrected chi connectivity index (χ3v) is 8.69. The van der Waals surface area contributed by atoms with E-state index in [1.54, 1.807) is 23.6 Å². The summed E-state index contributed by atoms with van der Waals surface area (Å²) in [6.45, 7) is 2.27. The topological polar surface area (TPSA) is 69.9 Å². The molecule has 0 bridgehead atoms. The van der Waals surface area contributed by atoms with Crippen LogP contribution in [0.25, 0.3) is 11.8 Å². The lowest BCUT2D eigenvalue weighted by atomic mass is 9.93. The lowest BCUT2D eigenvalue weighted by Crippen LogP contribution is -2.40. The van der Waals surface area contributed by atoms with Gasteiger partial charge in [0.05, 0.1) is 28.5 Å². The molecule has 1 aromatic heterocycles. The minimum Gasteiger partial charge on any atom is -0.489 e. The summed E-state index contributed by atoms with van der Waals surface area (Å²) in [5.74, 6) is 0.148. The first kappa shape index (κ1) is 29.6. The van der Waals surface area contributed by atoms with Crippen molar-refractivity contribution in [1.29, 1.82) is 0 Å². The van der Waals surface area contributed by atoms with Crippen molar-refractivity contribution < 1.29 is 14.3 Å². The Morgan fingerprint density at radius 2 is 1.64 bits per heavy atom. The number of fused-ring (bicyclic) bond motifs is 1. The molecule has 1 aliphatic heterocycles. The number of hydrogen-bond acceptors (Lipinski definition) is 6. The van der Waals surface area contributed by atoms with Gasteiger partial charge in [-0.3, -0.25) is 9.36 Å². The predicted octanol–water partition coefficient (Wildman–Crippen LogP) is 6.82. The average Bonchev–Trinajstić information content (AvgIpc) is 3.35. The molecule has 6 rings (SSSR count). The van der Waals surface area contributed by atoms with Crippen molar-refractivity contribution in [3.05, 3.63) is 161 Å². The Hall–Kier alpha value is -4.43. The standard InChI is InChI=1S/C35H26Cl2N2O4S/c1-2-42-34(41)30-31(23-8-4-3-5-9-23)38-35-39(32(30)24-14-16-26(36)17-15-24)33(40)29(44-35)20-22-12-18-27(19-13-22)43-21-25-10-6-7-11-28(25)37/h3-20,32H,2,21H2,1H3/b29-20+/t32-/m0/s1. The smallest absolute Gasteiger partial charge is 0.338 e. The quantitative estimate of drug-likeness (QED) is 0.175. The van der Waals surface area contributed by atoms with E-state index in [4.69, 9.17) is 37.7 Å². The van der Waals surface area contributed by atoms with Gasteiger partial charge >= 0.3 is 5.97 Å². The fourth-order valence-electron chi connectivity index (χ4n) is 4.99. The van der Waals surface area contributed by atoms with E-state index in [1.165, 1.54) is 11.3 Å². The average molecular weight is 642 g/mol. The summed E-state index contributed by atoms with van der Waals surface area (Å²) in [6.07, 6.45) is 1.82. The van der Waals surface area contributed by atoms with Crippen LogP contribution in [0.1, 0.15) is 35.2 Å². The summed E-state index contributed by atoms with van der Waals surface area (Å²) >= 11 is 13.7. The predicted molar refractivity (Wildman–Crippen MR) is 175 cm³/mol. The molecule has 0 radical (unpaired) electrons. The summed E-state index contributed by atoms with van der Waals surface area (Å²) < 4.78 is 13.5. The van der Waals surface area contributed by atoms with E-state index >= 15 is 0 Å². The Labute approximate surface area is 267 Å². The number of rotatable bonds is 8. The Bertz CT molecular complexity index is 2030. The van der Waals surface area contributed by atoms with Crippen LogP contribution >= 0.6 is 34.5 Å². The maximum atomic E-state index is 14.0. The summed E-state index contributed by atoms with van der Waals surface area (Å²) in [6, 6.07) is 30.8. The van der Waals surface area contributed by atoms with Crippen molar-refractivity contribution >= 4 is 52.3 Å². The third kappa shape index (κ3) is 6.13. The van der Waals surface area contributed by atoms with Crippen LogP contribution in [0.5, 0.6) is 5.75 Å². The number of ether oxygens (including phenoxy) is 2. The van der Waals surface area contributed by atoms with Crippen molar-refractivity contribution in [2.75, 3.05) is 6.61 Å². The van der Waals surface area contributed by atoms with Crippen LogP contribution in [0.3, 0.4) is 0 Å². The Kier molecular flexibility index (Phi) is 8.79. The molecule has 0 spiro atoms. The maximum Gasteiger partial charge on any atom is 0.338 e. The second-order valence-corrected chi connectivity index (χ2v) is 11.8. The number of carbonyl (C=O) groups excluding carboxylic acids is 1. The highest BCUT2D eigenvalue weighted by molar-refractivity contribution is 7.07. The van der Waals surface area contributed by atoms with Crippen molar-refractivity contribution in [2.45, 2.75) is 19.6 Å². The highest BCUT2D eigenvalue weighted by Gasteiger charge is 2.35. The van der Waals surface area contributed by atoms with Crippen molar-refractivity contribution in [1.82, 2.24) is 4.57 Å². The SMILES string of the molecule is CCOC(=O)C1=C(c2ccccc2)N=c2s/c(=C/c3ccc(OCc4ccccc4Cl)cc3)c(=O)n2[C@H]1c1ccc(Cl)cc1. The van der Waals surface area contributed by atoms with E-state index in [-0.39, 0.29) is 12.2 Å². The minimum absolute atomic E-state index is 0.181. The van der Waals surface area contributed by atoms with Crippen molar-refractivity contribution in [3.63, 3.8) is 0 Å². The van der Waals surface area contributed by atoms with E-state index in [0.717, 1.165) is 16.7 Å². The van der Waals surface area contributed by atoms with Gasteiger partial charge in [-0.15, -0.1) is 0 Å². The van der Waals surface area contributed by atoms with Gasteiger partial charge in [0.1, 0.15) is 12.4 Å². The zero-order chi connectivity index (χ0) is 30.6. The Balaban J connectivity index is 1.43. The lowest BCUT2D eigenvalue weighted by molar-refractivity contribution is -0.138. The molecule has 6 nitrogen and oxygen atoms in total. The summed E-state index contributed by atoms with van der Waals surface area (Å²) in [7, 11) is 0. The molecule has 0 saturated heterocycles. The molecular weight excluding hydrogens is 615 g/mol. The molecule has 2 heterocycles. The first-order chi connectivity index (χ1) is 21.4. The number of thiazole rings is 1. The van der Waals surface area contributed by atoms with Crippen LogP contribution in [0.4, 0.5) is 0 Å². The van der Waals surface area contributed by atoms with Gasteiger partial charge in [-0.25, -0.2) is 9.79 Å². The molecule has 0 aliphatic carbocycles. The summed E-state index contributed by atoms with van der Waals surface area (Å²) in [4.78, 5) is 32.9. The van der Waals surface area contributed by atoms with Gasteiger partial charge in [0.2, 0.25) is 0 Å². The van der Waals surface area contributed by atoms with E-state index < -0.39 is 12.0 Å². The van der Waals surface area contributed by atoms with Crippen LogP contribution in [-0.2, 0) is 16.1 Å². The minimum atomic E-state index is -0.763. The summed E-state index contributed by atoms with van der Waals surface area (Å²) in [5, 5.41) is 1.20. The number of benzene rings is 4. The number of aromatic nitrogens is 1. The molecule has 4 aromatic carbocycles. The molecular formula is C35H26Cl2N2O4S. The van der Waals surface area contributed by atoms with Gasteiger partial charge in [0.15, 0.2) is 4.80 Å². The number of nitrogens with zero attached hydrogens (tertiary/aromatic N) is 2. The van der Waals surface area contributed by atoms with Gasteiger partial charge in [-0.1, -0.05) is 107 Å². The molecule has 0 unspecified atom stereocenters. The highest BCUT2D eigenvalue weighted by atomic mass is 35.5. The molecule has 1 atom stereocenters. The van der Waals surface area contributed by atoms with Gasteiger partial charge in [-0.2, -0.15) is 0 Å². The van der Waals surface area contributed by atoms with Crippen molar-refractivity contribution in [3.8, 4) is 5.75 Å². The molecule has 5 aromatic rings. The Morgan fingerprint density at radius 1 is 0.932 bits per heavy atom. The van der Waals surface area contributed by atoms with Crippen LogP contribution in [0.15, 0.2) is 118 Å². The van der Waals surface area contributed by atoms with Gasteiger partial charge in [0.25, 0.3) is 5.56 Å². The molecule has 9 heteroatoms. The van der Waals surface area contributed by atoms with Crippen LogP contribution in [-0.4, -0.2) is 17.1 Å². The van der Waals surface area contributed by atoms with E-state index in [1.807, 2.05) is 97.1 Å². The fourth-order valence-corrected chi connectivity index (χ4v) is 6.31. The van der Waals surface area contributed by atoms with Crippen molar-refractivity contribution in [2.24, 2.45) is 4.99 Å². The van der Waals surface area contributed by atoms with E-state index in [2.05, 4.69) is 0 Å². The molecule has 220 valence electrons. The first-order valence-electron chi connectivity index (χ1n) is 13.9. The number of halogens is 2. The second kappa shape index (κ2) is 13.1. The third-order valence-electron chi connectivity index (χ3n) is 7.09. The molecule has 0 fully saturated rings. The molecule has 0 N–H and O–H groups in total.